The summed E-state index contributed by atoms with van der Waals surface area (Å²) < 4.78 is 5.65. The largest absolute Gasteiger partial charge is 0.377 e. The Balaban J connectivity index is 1.76. The summed E-state index contributed by atoms with van der Waals surface area (Å²) in [4.78, 5) is 11.8. The molecule has 4 nitrogen and oxygen atoms in total. The molecule has 0 aliphatic carbocycles. The zero-order valence-corrected chi connectivity index (χ0v) is 14.4. The second-order valence-electron chi connectivity index (χ2n) is 5.35. The second-order valence-corrected chi connectivity index (χ2v) is 7.59. The van der Waals surface area contributed by atoms with Gasteiger partial charge >= 0.3 is 0 Å². The van der Waals surface area contributed by atoms with E-state index in [1.165, 1.54) is 28.7 Å². The van der Waals surface area contributed by atoms with Crippen LogP contribution in [0.15, 0.2) is 0 Å². The average Bonchev–Trinajstić information content (AvgIpc) is 3.08. The molecule has 1 atom stereocenters. The number of nitrogens with zero attached hydrogens (tertiary/aromatic N) is 2. The topological polar surface area (TPSA) is 47.0 Å². The second kappa shape index (κ2) is 6.50. The summed E-state index contributed by atoms with van der Waals surface area (Å²) in [6, 6.07) is 0. The van der Waals surface area contributed by atoms with Gasteiger partial charge in [0.1, 0.15) is 16.5 Å². The number of thiophene rings is 1. The smallest absolute Gasteiger partial charge is 0.142 e. The molecule has 0 saturated carbocycles. The van der Waals surface area contributed by atoms with E-state index in [0.29, 0.717) is 6.10 Å². The lowest BCUT2D eigenvalue weighted by atomic mass is 10.2. The third-order valence-electron chi connectivity index (χ3n) is 3.87. The first-order valence-electron chi connectivity index (χ1n) is 7.32. The molecule has 1 fully saturated rings. The molecule has 0 spiro atoms. The van der Waals surface area contributed by atoms with E-state index in [1.807, 2.05) is 18.8 Å². The van der Waals surface area contributed by atoms with Crippen molar-refractivity contribution in [1.82, 2.24) is 9.97 Å². The third-order valence-corrected chi connectivity index (χ3v) is 6.04. The van der Waals surface area contributed by atoms with Crippen molar-refractivity contribution in [2.45, 2.75) is 38.5 Å². The van der Waals surface area contributed by atoms with Gasteiger partial charge in [-0.15, -0.1) is 11.3 Å². The highest BCUT2D eigenvalue weighted by Crippen LogP contribution is 2.33. The molecule has 2 aromatic heterocycles. The lowest BCUT2D eigenvalue weighted by Gasteiger charge is -2.09. The van der Waals surface area contributed by atoms with Gasteiger partial charge in [0, 0.05) is 24.3 Å². The van der Waals surface area contributed by atoms with E-state index >= 15 is 0 Å². The number of thioether (sulfide) groups is 1. The molecular weight excluding hydrogens is 302 g/mol. The summed E-state index contributed by atoms with van der Waals surface area (Å²) in [5.41, 5.74) is 1.29. The van der Waals surface area contributed by atoms with Crippen molar-refractivity contribution in [2.75, 3.05) is 24.7 Å². The summed E-state index contributed by atoms with van der Waals surface area (Å²) in [7, 11) is 1.93. The molecule has 1 saturated heterocycles. The summed E-state index contributed by atoms with van der Waals surface area (Å²) in [6.07, 6.45) is 2.82. The van der Waals surface area contributed by atoms with Crippen LogP contribution in [0.2, 0.25) is 0 Å². The average molecular weight is 323 g/mol. The van der Waals surface area contributed by atoms with Crippen LogP contribution in [-0.4, -0.2) is 35.5 Å². The molecule has 3 heterocycles. The van der Waals surface area contributed by atoms with Crippen molar-refractivity contribution in [3.8, 4) is 0 Å². The first kappa shape index (κ1) is 15.1. The maximum atomic E-state index is 5.65. The monoisotopic (exact) mass is 323 g/mol. The maximum Gasteiger partial charge on any atom is 0.142 e. The zero-order valence-electron chi connectivity index (χ0n) is 12.7. The number of fused-ring (bicyclic) bond motifs is 1. The maximum absolute atomic E-state index is 5.65. The van der Waals surface area contributed by atoms with Crippen LogP contribution in [0.3, 0.4) is 0 Å². The number of nitrogens with one attached hydrogen (secondary N) is 1. The van der Waals surface area contributed by atoms with Gasteiger partial charge < -0.3 is 10.1 Å². The van der Waals surface area contributed by atoms with Crippen molar-refractivity contribution in [2.24, 2.45) is 0 Å². The van der Waals surface area contributed by atoms with Crippen molar-refractivity contribution in [3.05, 3.63) is 16.3 Å². The van der Waals surface area contributed by atoms with Gasteiger partial charge in [-0.25, -0.2) is 9.97 Å². The first-order chi connectivity index (χ1) is 10.2. The van der Waals surface area contributed by atoms with Crippen molar-refractivity contribution in [1.29, 1.82) is 0 Å². The third kappa shape index (κ3) is 3.17. The Labute approximate surface area is 133 Å². The van der Waals surface area contributed by atoms with Gasteiger partial charge in [-0.1, -0.05) is 0 Å². The molecule has 0 aromatic carbocycles. The predicted molar refractivity (Wildman–Crippen MR) is 91.6 cm³/mol. The van der Waals surface area contributed by atoms with Gasteiger partial charge in [-0.05, 0) is 32.3 Å². The number of anilines is 1. The Morgan fingerprint density at radius 1 is 1.38 bits per heavy atom. The van der Waals surface area contributed by atoms with E-state index < -0.39 is 0 Å². The van der Waals surface area contributed by atoms with E-state index in [4.69, 9.17) is 9.72 Å². The Kier molecular flexibility index (Phi) is 4.66. The number of rotatable bonds is 5. The van der Waals surface area contributed by atoms with Crippen LogP contribution in [0.4, 0.5) is 5.82 Å². The number of ether oxygens (including phenoxy) is 1. The minimum absolute atomic E-state index is 0.425. The molecule has 1 unspecified atom stereocenters. The van der Waals surface area contributed by atoms with E-state index in [9.17, 15) is 0 Å². The van der Waals surface area contributed by atoms with E-state index in [-0.39, 0.29) is 0 Å². The van der Waals surface area contributed by atoms with Gasteiger partial charge in [-0.2, -0.15) is 11.8 Å². The van der Waals surface area contributed by atoms with E-state index in [2.05, 4.69) is 24.1 Å². The molecule has 6 heteroatoms. The van der Waals surface area contributed by atoms with E-state index in [1.54, 1.807) is 11.3 Å². The highest BCUT2D eigenvalue weighted by Gasteiger charge is 2.17. The SMILES string of the molecule is CNc1nc(CSCC2CCCO2)nc2sc(C)c(C)c12. The van der Waals surface area contributed by atoms with Crippen LogP contribution in [0.1, 0.15) is 29.1 Å². The fourth-order valence-electron chi connectivity index (χ4n) is 2.60. The highest BCUT2D eigenvalue weighted by atomic mass is 32.2. The Hall–Kier alpha value is -0.850. The Morgan fingerprint density at radius 2 is 2.24 bits per heavy atom. The molecule has 1 aliphatic heterocycles. The van der Waals surface area contributed by atoms with Crippen LogP contribution in [-0.2, 0) is 10.5 Å². The zero-order chi connectivity index (χ0) is 14.8. The normalized spacial score (nSPS) is 18.5. The number of hydrogen-bond acceptors (Lipinski definition) is 6. The van der Waals surface area contributed by atoms with Gasteiger partial charge in [0.2, 0.25) is 0 Å². The van der Waals surface area contributed by atoms with Crippen molar-refractivity contribution < 1.29 is 4.74 Å². The minimum atomic E-state index is 0.425. The van der Waals surface area contributed by atoms with Crippen LogP contribution in [0.25, 0.3) is 10.2 Å². The van der Waals surface area contributed by atoms with Gasteiger partial charge in [0.15, 0.2) is 0 Å². The van der Waals surface area contributed by atoms with Crippen LogP contribution >= 0.6 is 23.1 Å². The molecule has 0 bridgehead atoms. The fraction of sp³-hybridized carbons (Fsp3) is 0.600. The summed E-state index contributed by atoms with van der Waals surface area (Å²) in [5, 5.41) is 4.39. The summed E-state index contributed by atoms with van der Waals surface area (Å²) in [5.74, 6) is 3.75. The molecule has 114 valence electrons. The Bertz CT molecular complexity index is 635. The number of aryl methyl sites for hydroxylation is 2. The number of hydrogen-bond donors (Lipinski definition) is 1. The molecule has 1 N–H and O–H groups in total. The van der Waals surface area contributed by atoms with Crippen LogP contribution in [0, 0.1) is 13.8 Å². The molecule has 2 aromatic rings. The van der Waals surface area contributed by atoms with Gasteiger partial charge in [0.05, 0.1) is 17.2 Å². The van der Waals surface area contributed by atoms with Crippen molar-refractivity contribution >= 4 is 39.1 Å². The van der Waals surface area contributed by atoms with Crippen molar-refractivity contribution in [3.63, 3.8) is 0 Å². The lowest BCUT2D eigenvalue weighted by molar-refractivity contribution is 0.129. The standard InChI is InChI=1S/C15H21N3OS2/c1-9-10(2)21-15-13(9)14(16-3)17-12(18-15)8-20-7-11-5-4-6-19-11/h11H,4-8H2,1-3H3,(H,16,17,18). The first-order valence-corrected chi connectivity index (χ1v) is 9.30. The predicted octanol–water partition coefficient (Wildman–Crippen LogP) is 3.76. The molecule has 0 amide bonds. The molecule has 0 radical (unpaired) electrons. The van der Waals surface area contributed by atoms with Crippen LogP contribution < -0.4 is 5.32 Å². The molecule has 1 aliphatic rings. The van der Waals surface area contributed by atoms with Gasteiger partial charge in [0.25, 0.3) is 0 Å². The molecule has 3 rings (SSSR count). The van der Waals surface area contributed by atoms with E-state index in [0.717, 1.165) is 34.6 Å². The number of aromatic nitrogens is 2. The quantitative estimate of drug-likeness (QED) is 0.908. The molecule has 21 heavy (non-hydrogen) atoms. The summed E-state index contributed by atoms with van der Waals surface area (Å²) >= 11 is 3.63. The summed E-state index contributed by atoms with van der Waals surface area (Å²) in [6.45, 7) is 5.21. The Morgan fingerprint density at radius 3 is 2.95 bits per heavy atom. The minimum Gasteiger partial charge on any atom is -0.377 e. The van der Waals surface area contributed by atoms with Gasteiger partial charge in [-0.3, -0.25) is 0 Å². The fourth-order valence-corrected chi connectivity index (χ4v) is 4.60. The molecular formula is C15H21N3OS2. The highest BCUT2D eigenvalue weighted by molar-refractivity contribution is 7.98. The lowest BCUT2D eigenvalue weighted by Crippen LogP contribution is -2.08. The van der Waals surface area contributed by atoms with Crippen LogP contribution in [0.5, 0.6) is 0 Å².